The maximum Gasteiger partial charge on any atom is 0.0548 e. The van der Waals surface area contributed by atoms with Gasteiger partial charge in [0.15, 0.2) is 0 Å². The normalized spacial score (nSPS) is 11.8. The van der Waals surface area contributed by atoms with Crippen LogP contribution in [0.5, 0.6) is 0 Å². The maximum absolute atomic E-state index is 2.46. The quantitative estimate of drug-likeness (QED) is 0.136. The minimum Gasteiger partial charge on any atom is -0.310 e. The Kier molecular flexibility index (Phi) is 10.8. The second kappa shape index (κ2) is 19.2. The van der Waals surface area contributed by atoms with E-state index in [1.54, 1.807) is 0 Å². The van der Waals surface area contributed by atoms with Gasteiger partial charge in [-0.3, -0.25) is 0 Å². The second-order valence-electron chi connectivity index (χ2n) is 21.8. The van der Waals surface area contributed by atoms with Gasteiger partial charge >= 0.3 is 0 Å². The van der Waals surface area contributed by atoms with E-state index >= 15 is 0 Å². The van der Waals surface area contributed by atoms with Crippen LogP contribution in [0, 0.1) is 0 Å². The third kappa shape index (κ3) is 7.44. The van der Waals surface area contributed by atoms with E-state index in [1.165, 1.54) is 65.2 Å². The van der Waals surface area contributed by atoms with Crippen molar-refractivity contribution < 1.29 is 0 Å². The van der Waals surface area contributed by atoms with Crippen LogP contribution in [0.25, 0.3) is 110 Å². The molecule has 394 valence electrons. The number of aromatic nitrogens is 4. The zero-order chi connectivity index (χ0) is 55.2. The van der Waals surface area contributed by atoms with E-state index < -0.39 is 0 Å². The summed E-state index contributed by atoms with van der Waals surface area (Å²) in [6, 6.07) is 115. The lowest BCUT2D eigenvalue weighted by molar-refractivity contribution is 1.17. The molecule has 4 heterocycles. The van der Waals surface area contributed by atoms with Crippen LogP contribution < -0.4 is 9.80 Å². The Morgan fingerprint density at radius 3 is 0.690 bits per heavy atom. The molecule has 17 rings (SSSR count). The first-order valence-electron chi connectivity index (χ1n) is 28.8. The van der Waals surface area contributed by atoms with E-state index in [0.29, 0.717) is 0 Å². The van der Waals surface area contributed by atoms with Crippen LogP contribution in [0.15, 0.2) is 315 Å². The molecule has 0 bridgehead atoms. The summed E-state index contributed by atoms with van der Waals surface area (Å²) in [5, 5.41) is 9.52. The Bertz CT molecular complexity index is 5010. The van der Waals surface area contributed by atoms with Gasteiger partial charge in [-0.25, -0.2) is 0 Å². The summed E-state index contributed by atoms with van der Waals surface area (Å²) >= 11 is 0. The largest absolute Gasteiger partial charge is 0.310 e. The molecule has 6 nitrogen and oxygen atoms in total. The number of benzene rings is 13. The molecule has 0 saturated heterocycles. The third-order valence-electron chi connectivity index (χ3n) is 17.0. The third-order valence-corrected chi connectivity index (χ3v) is 17.0. The molecule has 6 heteroatoms. The molecule has 0 aliphatic rings. The first-order valence-corrected chi connectivity index (χ1v) is 28.8. The van der Waals surface area contributed by atoms with Gasteiger partial charge < -0.3 is 28.1 Å². The predicted molar refractivity (Wildman–Crippen MR) is 353 cm³/mol. The first kappa shape index (κ1) is 47.5. The average Bonchev–Trinajstić information content (AvgIpc) is 2.49. The maximum atomic E-state index is 2.46. The van der Waals surface area contributed by atoms with Gasteiger partial charge in [0, 0.05) is 100.0 Å². The average molecular weight is 1070 g/mol. The Hall–Kier alpha value is -11.3. The molecule has 0 N–H and O–H groups in total. The molecule has 84 heavy (non-hydrogen) atoms. The highest BCUT2D eigenvalue weighted by atomic mass is 15.2. The topological polar surface area (TPSA) is 26.2 Å². The van der Waals surface area contributed by atoms with E-state index in [1.807, 2.05) is 0 Å². The van der Waals surface area contributed by atoms with Crippen molar-refractivity contribution in [2.75, 3.05) is 9.80 Å². The van der Waals surface area contributed by atoms with Crippen LogP contribution >= 0.6 is 0 Å². The van der Waals surface area contributed by atoms with Gasteiger partial charge in [-0.2, -0.15) is 0 Å². The van der Waals surface area contributed by atoms with Gasteiger partial charge in [-0.1, -0.05) is 146 Å². The standard InChI is InChI=1S/C78H52N6/c1-7-23-53(24-8-1)79(59-39-43-73-65(47-59)63-35-19-21-37-71(63)81(73)55-27-11-3-12-28-55)61-41-45-75-67(49-61)69-51-78-70(52-77(69)83(75)57-31-15-5-16-32-57)68-50-62(42-46-76(68)84(78)58-33-17-6-18-34-58)80(54-25-9-2-10-26-54)60-40-44-74-66(48-60)64-36-20-22-38-72(64)82(74)56-29-13-4-14-30-56/h1-52H. The Balaban J connectivity index is 0.889. The van der Waals surface area contributed by atoms with Gasteiger partial charge in [0.2, 0.25) is 0 Å². The number of hydrogen-bond donors (Lipinski definition) is 0. The molecule has 0 aliphatic carbocycles. The van der Waals surface area contributed by atoms with Gasteiger partial charge in [0.25, 0.3) is 0 Å². The lowest BCUT2D eigenvalue weighted by Crippen LogP contribution is -2.09. The van der Waals surface area contributed by atoms with E-state index in [-0.39, 0.29) is 0 Å². The monoisotopic (exact) mass is 1070 g/mol. The van der Waals surface area contributed by atoms with Crippen LogP contribution in [-0.4, -0.2) is 18.3 Å². The van der Waals surface area contributed by atoms with Crippen molar-refractivity contribution in [1.29, 1.82) is 0 Å². The van der Waals surface area contributed by atoms with E-state index in [9.17, 15) is 0 Å². The number of para-hydroxylation sites is 8. The highest BCUT2D eigenvalue weighted by Crippen LogP contribution is 2.47. The molecule has 0 radical (unpaired) electrons. The van der Waals surface area contributed by atoms with Crippen molar-refractivity contribution in [3.63, 3.8) is 0 Å². The molecule has 4 aromatic heterocycles. The minimum absolute atomic E-state index is 1.07. The Labute approximate surface area is 485 Å². The molecule has 0 amide bonds. The smallest absolute Gasteiger partial charge is 0.0548 e. The van der Waals surface area contributed by atoms with Crippen molar-refractivity contribution >= 4 is 121 Å². The highest BCUT2D eigenvalue weighted by Gasteiger charge is 2.24. The Morgan fingerprint density at radius 2 is 0.381 bits per heavy atom. The number of anilines is 6. The fraction of sp³-hybridized carbons (Fsp3) is 0. The first-order chi connectivity index (χ1) is 41.7. The summed E-state index contributed by atoms with van der Waals surface area (Å²) in [4.78, 5) is 4.83. The molecule has 0 unspecified atom stereocenters. The van der Waals surface area contributed by atoms with Gasteiger partial charge in [0.05, 0.1) is 44.1 Å². The predicted octanol–water partition coefficient (Wildman–Crippen LogP) is 21.0. The lowest BCUT2D eigenvalue weighted by atomic mass is 10.1. The molecule has 0 saturated carbocycles. The second-order valence-corrected chi connectivity index (χ2v) is 21.8. The van der Waals surface area contributed by atoms with Crippen LogP contribution in [0.4, 0.5) is 34.1 Å². The van der Waals surface area contributed by atoms with Crippen molar-refractivity contribution in [1.82, 2.24) is 18.3 Å². The van der Waals surface area contributed by atoms with Crippen LogP contribution in [0.3, 0.4) is 0 Å². The highest BCUT2D eigenvalue weighted by molar-refractivity contribution is 6.20. The van der Waals surface area contributed by atoms with Crippen LogP contribution in [-0.2, 0) is 0 Å². The summed E-state index contributed by atoms with van der Waals surface area (Å²) in [5.74, 6) is 0. The summed E-state index contributed by atoms with van der Waals surface area (Å²) in [5.41, 5.74) is 20.2. The van der Waals surface area contributed by atoms with Crippen molar-refractivity contribution in [3.05, 3.63) is 315 Å². The molecular formula is C78H52N6. The van der Waals surface area contributed by atoms with E-state index in [2.05, 4.69) is 344 Å². The molecule has 0 spiro atoms. The molecule has 0 aliphatic heterocycles. The van der Waals surface area contributed by atoms with Gasteiger partial charge in [-0.05, 0) is 170 Å². The van der Waals surface area contributed by atoms with Gasteiger partial charge in [-0.15, -0.1) is 0 Å². The lowest BCUT2D eigenvalue weighted by Gasteiger charge is -2.26. The molecule has 0 atom stereocenters. The van der Waals surface area contributed by atoms with E-state index in [0.717, 1.165) is 78.9 Å². The van der Waals surface area contributed by atoms with Crippen molar-refractivity contribution in [2.45, 2.75) is 0 Å². The van der Waals surface area contributed by atoms with Gasteiger partial charge in [0.1, 0.15) is 0 Å². The fourth-order valence-corrected chi connectivity index (χ4v) is 13.5. The number of rotatable bonds is 10. The van der Waals surface area contributed by atoms with Crippen LogP contribution in [0.2, 0.25) is 0 Å². The number of nitrogens with zero attached hydrogens (tertiary/aromatic N) is 6. The SMILES string of the molecule is c1ccc(N(c2ccc3c(c2)c2ccccc2n3-c2ccccc2)c2ccc3c(c2)c2cc4c(cc2n3-c2ccccc2)c2cc(N(c3ccccc3)c3ccc5c(c3)c3ccccc3n5-c3ccccc3)ccc2n4-c2ccccc2)cc1. The number of hydrogen-bond acceptors (Lipinski definition) is 2. The minimum atomic E-state index is 1.07. The number of fused-ring (bicyclic) bond motifs is 12. The molecular weight excluding hydrogens is 1020 g/mol. The Morgan fingerprint density at radius 1 is 0.155 bits per heavy atom. The van der Waals surface area contributed by atoms with Crippen molar-refractivity contribution in [2.24, 2.45) is 0 Å². The summed E-state index contributed by atoms with van der Waals surface area (Å²) in [7, 11) is 0. The molecule has 0 fully saturated rings. The summed E-state index contributed by atoms with van der Waals surface area (Å²) in [6.45, 7) is 0. The summed E-state index contributed by atoms with van der Waals surface area (Å²) in [6.07, 6.45) is 0. The van der Waals surface area contributed by atoms with Crippen molar-refractivity contribution in [3.8, 4) is 22.7 Å². The van der Waals surface area contributed by atoms with Crippen LogP contribution in [0.1, 0.15) is 0 Å². The molecule has 13 aromatic carbocycles. The zero-order valence-electron chi connectivity index (χ0n) is 45.7. The zero-order valence-corrected chi connectivity index (χ0v) is 45.7. The molecule has 17 aromatic rings. The fourth-order valence-electron chi connectivity index (χ4n) is 13.5. The summed E-state index contributed by atoms with van der Waals surface area (Å²) < 4.78 is 9.68. The van der Waals surface area contributed by atoms with E-state index in [4.69, 9.17) is 0 Å².